The van der Waals surface area contributed by atoms with Crippen molar-refractivity contribution in [2.75, 3.05) is 11.1 Å². The van der Waals surface area contributed by atoms with Crippen LogP contribution < -0.4 is 5.32 Å². The Kier molecular flexibility index (Phi) is 5.35. The van der Waals surface area contributed by atoms with Crippen LogP contribution in [-0.4, -0.2) is 31.2 Å². The molecule has 126 valence electrons. The number of amides is 1. The number of sulfone groups is 1. The van der Waals surface area contributed by atoms with Crippen LogP contribution in [0, 0.1) is 6.92 Å². The molecule has 24 heavy (non-hydrogen) atoms. The third-order valence-corrected chi connectivity index (χ3v) is 4.72. The Morgan fingerprint density at radius 2 is 1.75 bits per heavy atom. The summed E-state index contributed by atoms with van der Waals surface area (Å²) in [5, 5.41) is 11.4. The Labute approximate surface area is 140 Å². The molecule has 0 unspecified atom stereocenters. The molecule has 0 saturated carbocycles. The number of nitrogens with one attached hydrogen (secondary N) is 1. The van der Waals surface area contributed by atoms with E-state index in [2.05, 4.69) is 5.32 Å². The Hall–Kier alpha value is -2.67. The van der Waals surface area contributed by atoms with Crippen LogP contribution in [0.1, 0.15) is 21.5 Å². The number of carbonyl (C=O) groups excluding carboxylic acids is 1. The van der Waals surface area contributed by atoms with Crippen molar-refractivity contribution >= 4 is 27.4 Å². The third-order valence-electron chi connectivity index (χ3n) is 3.24. The van der Waals surface area contributed by atoms with Gasteiger partial charge >= 0.3 is 5.97 Å². The number of aromatic carboxylic acids is 1. The minimum Gasteiger partial charge on any atom is -0.478 e. The van der Waals surface area contributed by atoms with E-state index in [9.17, 15) is 18.0 Å². The van der Waals surface area contributed by atoms with E-state index in [1.54, 1.807) is 18.2 Å². The predicted molar refractivity (Wildman–Crippen MR) is 90.7 cm³/mol. The molecule has 2 aromatic carbocycles. The molecule has 0 radical (unpaired) electrons. The van der Waals surface area contributed by atoms with Gasteiger partial charge in [-0.05, 0) is 42.3 Å². The van der Waals surface area contributed by atoms with Crippen LogP contribution in [0.3, 0.4) is 0 Å². The van der Waals surface area contributed by atoms with Gasteiger partial charge in [-0.15, -0.1) is 0 Å². The van der Waals surface area contributed by atoms with Crippen LogP contribution in [0.4, 0.5) is 5.69 Å². The van der Waals surface area contributed by atoms with Gasteiger partial charge in [0, 0.05) is 5.69 Å². The molecule has 0 spiro atoms. The molecule has 0 saturated heterocycles. The number of carboxylic acid groups (broad SMARTS) is 1. The molecule has 1 amide bonds. The first kappa shape index (κ1) is 17.7. The van der Waals surface area contributed by atoms with Crippen LogP contribution in [0.15, 0.2) is 48.5 Å². The number of aryl methyl sites for hydroxylation is 1. The van der Waals surface area contributed by atoms with Gasteiger partial charge in [-0.2, -0.15) is 0 Å². The largest absolute Gasteiger partial charge is 0.478 e. The first-order valence-electron chi connectivity index (χ1n) is 7.14. The molecule has 0 fully saturated rings. The second-order valence-corrected chi connectivity index (χ2v) is 7.52. The van der Waals surface area contributed by atoms with E-state index in [0.29, 0.717) is 11.3 Å². The summed E-state index contributed by atoms with van der Waals surface area (Å²) >= 11 is 0. The lowest BCUT2D eigenvalue weighted by molar-refractivity contribution is -0.113. The molecule has 7 heteroatoms. The number of hydrogen-bond donors (Lipinski definition) is 2. The Bertz CT molecular complexity index is 857. The summed E-state index contributed by atoms with van der Waals surface area (Å²) in [4.78, 5) is 22.7. The molecule has 0 aromatic heterocycles. The topological polar surface area (TPSA) is 101 Å². The second kappa shape index (κ2) is 7.27. The van der Waals surface area contributed by atoms with E-state index in [0.717, 1.165) is 5.56 Å². The summed E-state index contributed by atoms with van der Waals surface area (Å²) in [6, 6.07) is 12.6. The van der Waals surface area contributed by atoms with E-state index in [-0.39, 0.29) is 11.3 Å². The summed E-state index contributed by atoms with van der Waals surface area (Å²) in [5.41, 5.74) is 2.01. The van der Waals surface area contributed by atoms with Crippen molar-refractivity contribution in [1.82, 2.24) is 0 Å². The van der Waals surface area contributed by atoms with E-state index in [1.807, 2.05) is 13.0 Å². The maximum absolute atomic E-state index is 12.1. The Balaban J connectivity index is 1.99. The van der Waals surface area contributed by atoms with Crippen molar-refractivity contribution in [3.8, 4) is 0 Å². The van der Waals surface area contributed by atoms with Crippen LogP contribution in [0.5, 0.6) is 0 Å². The van der Waals surface area contributed by atoms with E-state index in [4.69, 9.17) is 5.11 Å². The third kappa shape index (κ3) is 5.20. The molecule has 2 rings (SSSR count). The summed E-state index contributed by atoms with van der Waals surface area (Å²) in [6.45, 7) is 1.87. The van der Waals surface area contributed by atoms with Crippen molar-refractivity contribution in [2.45, 2.75) is 12.7 Å². The minimum atomic E-state index is -3.66. The molecule has 0 aliphatic rings. The zero-order chi connectivity index (χ0) is 17.7. The van der Waals surface area contributed by atoms with Gasteiger partial charge in [0.05, 0.1) is 11.3 Å². The molecule has 0 aliphatic carbocycles. The molecular weight excluding hydrogens is 330 g/mol. The highest BCUT2D eigenvalue weighted by molar-refractivity contribution is 7.91. The minimum absolute atomic E-state index is 0.0772. The van der Waals surface area contributed by atoms with Crippen molar-refractivity contribution < 1.29 is 23.1 Å². The fourth-order valence-electron chi connectivity index (χ4n) is 2.17. The molecule has 0 aliphatic heterocycles. The van der Waals surface area contributed by atoms with Crippen LogP contribution in [0.2, 0.25) is 0 Å². The molecule has 2 N–H and O–H groups in total. The van der Waals surface area contributed by atoms with Crippen molar-refractivity contribution in [2.24, 2.45) is 0 Å². The van der Waals surface area contributed by atoms with Gasteiger partial charge in [-0.25, -0.2) is 13.2 Å². The van der Waals surface area contributed by atoms with Gasteiger partial charge in [0.15, 0.2) is 9.84 Å². The lowest BCUT2D eigenvalue weighted by Crippen LogP contribution is -2.24. The van der Waals surface area contributed by atoms with Crippen LogP contribution in [0.25, 0.3) is 0 Å². The zero-order valence-electron chi connectivity index (χ0n) is 13.0. The molecule has 0 bridgehead atoms. The fourth-order valence-corrected chi connectivity index (χ4v) is 3.44. The van der Waals surface area contributed by atoms with Crippen molar-refractivity contribution in [3.63, 3.8) is 0 Å². The average Bonchev–Trinajstić information content (AvgIpc) is 2.46. The number of hydrogen-bond acceptors (Lipinski definition) is 4. The lowest BCUT2D eigenvalue weighted by Gasteiger charge is -2.07. The van der Waals surface area contributed by atoms with E-state index < -0.39 is 27.5 Å². The molecule has 0 heterocycles. The molecule has 0 atom stereocenters. The smallest absolute Gasteiger partial charge is 0.335 e. The predicted octanol–water partition coefficient (Wildman–Crippen LogP) is 2.25. The van der Waals surface area contributed by atoms with Gasteiger partial charge in [0.2, 0.25) is 5.91 Å². The summed E-state index contributed by atoms with van der Waals surface area (Å²) in [6.07, 6.45) is 0. The first-order valence-corrected chi connectivity index (χ1v) is 8.96. The standard InChI is InChI=1S/C17H17NO5S/c1-12-3-2-4-15(9-12)18-16(19)11-24(22,23)10-13-5-7-14(8-6-13)17(20)21/h2-9H,10-11H2,1H3,(H,18,19)(H,20,21). The highest BCUT2D eigenvalue weighted by atomic mass is 32.2. The molecule has 6 nitrogen and oxygen atoms in total. The monoisotopic (exact) mass is 347 g/mol. The van der Waals surface area contributed by atoms with Gasteiger partial charge in [0.25, 0.3) is 0 Å². The normalized spacial score (nSPS) is 11.0. The molecular formula is C17H17NO5S. The van der Waals surface area contributed by atoms with Gasteiger partial charge in [-0.3, -0.25) is 4.79 Å². The fraction of sp³-hybridized carbons (Fsp3) is 0.176. The summed E-state index contributed by atoms with van der Waals surface area (Å²) in [5.74, 6) is -2.65. The van der Waals surface area contributed by atoms with Crippen molar-refractivity contribution in [3.05, 3.63) is 65.2 Å². The number of carboxylic acids is 1. The van der Waals surface area contributed by atoms with Crippen LogP contribution >= 0.6 is 0 Å². The second-order valence-electron chi connectivity index (χ2n) is 5.45. The zero-order valence-corrected chi connectivity index (χ0v) is 13.8. The maximum Gasteiger partial charge on any atom is 0.335 e. The van der Waals surface area contributed by atoms with Gasteiger partial charge < -0.3 is 10.4 Å². The molecule has 2 aromatic rings. The van der Waals surface area contributed by atoms with E-state index >= 15 is 0 Å². The number of benzene rings is 2. The average molecular weight is 347 g/mol. The van der Waals surface area contributed by atoms with Crippen LogP contribution in [-0.2, 0) is 20.4 Å². The Morgan fingerprint density at radius 1 is 1.08 bits per heavy atom. The van der Waals surface area contributed by atoms with Gasteiger partial charge in [0.1, 0.15) is 5.75 Å². The van der Waals surface area contributed by atoms with Gasteiger partial charge in [-0.1, -0.05) is 24.3 Å². The first-order chi connectivity index (χ1) is 11.2. The lowest BCUT2D eigenvalue weighted by atomic mass is 10.1. The van der Waals surface area contributed by atoms with Crippen molar-refractivity contribution in [1.29, 1.82) is 0 Å². The number of carbonyl (C=O) groups is 2. The summed E-state index contributed by atoms with van der Waals surface area (Å²) < 4.78 is 24.2. The quantitative estimate of drug-likeness (QED) is 0.835. The highest BCUT2D eigenvalue weighted by Gasteiger charge is 2.18. The highest BCUT2D eigenvalue weighted by Crippen LogP contribution is 2.12. The number of rotatable bonds is 6. The number of anilines is 1. The maximum atomic E-state index is 12.1. The SMILES string of the molecule is Cc1cccc(NC(=O)CS(=O)(=O)Cc2ccc(C(=O)O)cc2)c1. The summed E-state index contributed by atoms with van der Waals surface area (Å²) in [7, 11) is -3.66. The Morgan fingerprint density at radius 3 is 2.33 bits per heavy atom. The van der Waals surface area contributed by atoms with E-state index in [1.165, 1.54) is 24.3 Å².